The maximum absolute atomic E-state index is 11.4. The van der Waals surface area contributed by atoms with Gasteiger partial charge in [-0.15, -0.1) is 5.10 Å². The highest BCUT2D eigenvalue weighted by molar-refractivity contribution is 6.62. The third kappa shape index (κ3) is 3.98. The molecule has 1 aliphatic heterocycles. The van der Waals surface area contributed by atoms with E-state index in [0.29, 0.717) is 18.3 Å². The van der Waals surface area contributed by atoms with Crippen LogP contribution in [-0.2, 0) is 9.31 Å². The van der Waals surface area contributed by atoms with Crippen LogP contribution in [0.2, 0.25) is 0 Å². The zero-order valence-electron chi connectivity index (χ0n) is 18.3. The quantitative estimate of drug-likeness (QED) is 0.704. The van der Waals surface area contributed by atoms with Crippen LogP contribution in [0.4, 0.5) is 10.6 Å². The number of hydrogen-bond donors (Lipinski definition) is 2. The Morgan fingerprint density at radius 3 is 2.53 bits per heavy atom. The molecule has 2 fully saturated rings. The lowest BCUT2D eigenvalue weighted by Gasteiger charge is -2.32. The van der Waals surface area contributed by atoms with Crippen LogP contribution in [0.5, 0.6) is 0 Å². The van der Waals surface area contributed by atoms with Gasteiger partial charge < -0.3 is 19.7 Å². The largest absolute Gasteiger partial charge is 0.494 e. The summed E-state index contributed by atoms with van der Waals surface area (Å²) < 4.78 is 13.4. The summed E-state index contributed by atoms with van der Waals surface area (Å²) in [5.74, 6) is 1.12. The second-order valence-corrected chi connectivity index (χ2v) is 9.46. The van der Waals surface area contributed by atoms with E-state index in [1.165, 1.54) is 0 Å². The number of carboxylic acid groups (broad SMARTS) is 1. The average molecular weight is 411 g/mol. The van der Waals surface area contributed by atoms with Crippen LogP contribution in [0, 0.1) is 0 Å². The molecule has 7 nitrogen and oxygen atoms in total. The lowest BCUT2D eigenvalue weighted by atomic mass is 9.77. The van der Waals surface area contributed by atoms with Gasteiger partial charge in [0.2, 0.25) is 0 Å². The van der Waals surface area contributed by atoms with E-state index in [4.69, 9.17) is 9.31 Å². The van der Waals surface area contributed by atoms with E-state index in [0.717, 1.165) is 34.2 Å². The summed E-state index contributed by atoms with van der Waals surface area (Å²) in [6, 6.07) is 10.1. The summed E-state index contributed by atoms with van der Waals surface area (Å²) >= 11 is 0. The van der Waals surface area contributed by atoms with Crippen molar-refractivity contribution < 1.29 is 19.2 Å². The van der Waals surface area contributed by atoms with Gasteiger partial charge >= 0.3 is 13.2 Å². The average Bonchev–Trinajstić information content (AvgIpc) is 3.39. The summed E-state index contributed by atoms with van der Waals surface area (Å²) in [5, 5.41) is 16.9. The molecule has 1 saturated carbocycles. The highest BCUT2D eigenvalue weighted by Crippen LogP contribution is 2.41. The van der Waals surface area contributed by atoms with Crippen LogP contribution >= 0.6 is 0 Å². The van der Waals surface area contributed by atoms with Gasteiger partial charge in [0.1, 0.15) is 5.82 Å². The van der Waals surface area contributed by atoms with Crippen molar-refractivity contribution in [3.05, 3.63) is 41.6 Å². The molecule has 2 N–H and O–H groups in total. The Kier molecular flexibility index (Phi) is 5.18. The van der Waals surface area contributed by atoms with Gasteiger partial charge in [0, 0.05) is 18.5 Å². The molecule has 160 valence electrons. The first kappa shape index (κ1) is 20.9. The van der Waals surface area contributed by atoms with Gasteiger partial charge in [-0.1, -0.05) is 31.2 Å². The summed E-state index contributed by atoms with van der Waals surface area (Å²) in [6.07, 6.45) is 1.02. The van der Waals surface area contributed by atoms with Gasteiger partial charge in [-0.2, -0.15) is 4.68 Å². The monoisotopic (exact) mass is 411 g/mol. The molecular weight excluding hydrogens is 381 g/mol. The summed E-state index contributed by atoms with van der Waals surface area (Å²) in [4.78, 5) is 11.4. The van der Waals surface area contributed by atoms with E-state index >= 15 is 0 Å². The highest BCUT2D eigenvalue weighted by Gasteiger charge is 2.51. The van der Waals surface area contributed by atoms with E-state index in [-0.39, 0.29) is 24.2 Å². The zero-order chi connectivity index (χ0) is 21.7. The molecular formula is C22H30BN3O4. The van der Waals surface area contributed by atoms with Crippen LogP contribution in [0.15, 0.2) is 30.3 Å². The van der Waals surface area contributed by atoms with Crippen molar-refractivity contribution in [1.82, 2.24) is 9.78 Å². The molecule has 1 saturated heterocycles. The van der Waals surface area contributed by atoms with Gasteiger partial charge in [-0.05, 0) is 57.5 Å². The molecule has 1 aliphatic carbocycles. The lowest BCUT2D eigenvalue weighted by molar-refractivity contribution is 0.00578. The molecule has 8 heteroatoms. The molecule has 1 aromatic carbocycles. The number of nitrogens with one attached hydrogen (secondary N) is 1. The third-order valence-electron chi connectivity index (χ3n) is 6.51. The number of aromatic nitrogens is 2. The molecule has 30 heavy (non-hydrogen) atoms. The predicted octanol–water partition coefficient (Wildman–Crippen LogP) is 3.80. The minimum Gasteiger partial charge on any atom is -0.463 e. The fourth-order valence-electron chi connectivity index (χ4n) is 3.67. The minimum atomic E-state index is -1.03. The van der Waals surface area contributed by atoms with E-state index in [1.807, 2.05) is 18.2 Å². The van der Waals surface area contributed by atoms with E-state index in [2.05, 4.69) is 57.2 Å². The van der Waals surface area contributed by atoms with E-state index < -0.39 is 6.09 Å². The Labute approximate surface area is 177 Å². The first-order chi connectivity index (χ1) is 14.1. The van der Waals surface area contributed by atoms with E-state index in [1.54, 1.807) is 0 Å². The Morgan fingerprint density at radius 1 is 1.27 bits per heavy atom. The van der Waals surface area contributed by atoms with Crippen LogP contribution in [-0.4, -0.2) is 45.8 Å². The molecule has 1 aromatic heterocycles. The van der Waals surface area contributed by atoms with Gasteiger partial charge in [-0.3, -0.25) is 0 Å². The number of hydrogen-bond acceptors (Lipinski definition) is 5. The van der Waals surface area contributed by atoms with Crippen LogP contribution in [0.1, 0.15) is 70.6 Å². The van der Waals surface area contributed by atoms with Crippen molar-refractivity contribution in [2.45, 2.75) is 70.5 Å². The van der Waals surface area contributed by atoms with Crippen LogP contribution < -0.4 is 10.8 Å². The number of rotatable bonds is 6. The molecule has 2 aliphatic rings. The molecule has 4 rings (SSSR count). The Balaban J connectivity index is 1.44. The standard InChI is InChI=1S/C22H30BN3O4/c1-14(13-24-19-12-18(15-9-10-15)26(25-19)20(27)28)16-7-6-8-17(11-16)23-29-21(2,3)22(4,5)30-23/h6-8,11-12,14-15H,9-10,13H2,1-5H3,(H,24,25)(H,27,28)/t14-/m1/s1. The molecule has 0 radical (unpaired) electrons. The Bertz CT molecular complexity index is 936. The van der Waals surface area contributed by atoms with Gasteiger partial charge in [0.05, 0.1) is 16.9 Å². The molecule has 1 atom stereocenters. The molecule has 2 heterocycles. The summed E-state index contributed by atoms with van der Waals surface area (Å²) in [6.45, 7) is 11.0. The highest BCUT2D eigenvalue weighted by atomic mass is 16.7. The van der Waals surface area contributed by atoms with Crippen molar-refractivity contribution in [3.8, 4) is 0 Å². The van der Waals surface area contributed by atoms with Crippen LogP contribution in [0.3, 0.4) is 0 Å². The summed E-state index contributed by atoms with van der Waals surface area (Å²) in [7, 11) is -0.387. The van der Waals surface area contributed by atoms with E-state index in [9.17, 15) is 9.90 Å². The first-order valence-corrected chi connectivity index (χ1v) is 10.6. The normalized spacial score (nSPS) is 20.9. The fourth-order valence-corrected chi connectivity index (χ4v) is 3.67. The number of anilines is 1. The van der Waals surface area contributed by atoms with Crippen LogP contribution in [0.25, 0.3) is 0 Å². The molecule has 2 aromatic rings. The summed E-state index contributed by atoms with van der Waals surface area (Å²) in [5.41, 5.74) is 2.20. The third-order valence-corrected chi connectivity index (χ3v) is 6.51. The second kappa shape index (κ2) is 7.43. The zero-order valence-corrected chi connectivity index (χ0v) is 18.3. The van der Waals surface area contributed by atoms with Crippen molar-refractivity contribution in [2.24, 2.45) is 0 Å². The molecule has 0 unspecified atom stereocenters. The topological polar surface area (TPSA) is 85.6 Å². The van der Waals surface area contributed by atoms with Gasteiger partial charge in [-0.25, -0.2) is 4.79 Å². The number of nitrogens with zero attached hydrogens (tertiary/aromatic N) is 2. The maximum atomic E-state index is 11.4. The smallest absolute Gasteiger partial charge is 0.463 e. The lowest BCUT2D eigenvalue weighted by Crippen LogP contribution is -2.41. The Hall–Kier alpha value is -2.32. The molecule has 0 amide bonds. The second-order valence-electron chi connectivity index (χ2n) is 9.46. The molecule has 0 bridgehead atoms. The molecule has 0 spiro atoms. The van der Waals surface area contributed by atoms with Gasteiger partial charge in [0.15, 0.2) is 0 Å². The maximum Gasteiger partial charge on any atom is 0.494 e. The SMILES string of the molecule is C[C@H](CNc1cc(C2CC2)n(C(=O)O)n1)c1cccc(B2OC(C)(C)C(C)(C)O2)c1. The fraction of sp³-hybridized carbons (Fsp3) is 0.545. The van der Waals surface area contributed by atoms with Crippen molar-refractivity contribution in [1.29, 1.82) is 0 Å². The van der Waals surface area contributed by atoms with Crippen molar-refractivity contribution in [3.63, 3.8) is 0 Å². The minimum absolute atomic E-state index is 0.201. The Morgan fingerprint density at radius 2 is 1.93 bits per heavy atom. The predicted molar refractivity (Wildman–Crippen MR) is 117 cm³/mol. The number of carbonyl (C=O) groups is 1. The van der Waals surface area contributed by atoms with Gasteiger partial charge in [0.25, 0.3) is 0 Å². The van der Waals surface area contributed by atoms with Crippen molar-refractivity contribution in [2.75, 3.05) is 11.9 Å². The number of benzene rings is 1. The first-order valence-electron chi connectivity index (χ1n) is 10.6. The van der Waals surface area contributed by atoms with Crippen molar-refractivity contribution >= 4 is 24.5 Å².